The van der Waals surface area contributed by atoms with E-state index >= 15 is 0 Å². The van der Waals surface area contributed by atoms with Crippen molar-refractivity contribution in [2.45, 2.75) is 82.1 Å². The van der Waals surface area contributed by atoms with Crippen LogP contribution >= 0.6 is 15.9 Å². The van der Waals surface area contributed by atoms with Crippen molar-refractivity contribution in [3.8, 4) is 0 Å². The molecule has 0 amide bonds. The molecule has 1 aromatic carbocycles. The summed E-state index contributed by atoms with van der Waals surface area (Å²) in [6, 6.07) is 6.42. The summed E-state index contributed by atoms with van der Waals surface area (Å²) in [6.45, 7) is 8.96. The van der Waals surface area contributed by atoms with Crippen molar-refractivity contribution in [2.24, 2.45) is 4.99 Å². The van der Waals surface area contributed by atoms with Crippen LogP contribution in [0, 0.1) is 0 Å². The Labute approximate surface area is 285 Å². The lowest BCUT2D eigenvalue weighted by Crippen LogP contribution is -2.36. The number of aliphatic carboxylic acids is 1. The average molecular weight is 750 g/mol. The highest BCUT2D eigenvalue weighted by molar-refractivity contribution is 9.10. The molecule has 0 saturated heterocycles. The van der Waals surface area contributed by atoms with E-state index in [4.69, 9.17) is 10.1 Å². The van der Waals surface area contributed by atoms with Crippen LogP contribution in [0.4, 0.5) is 11.5 Å². The van der Waals surface area contributed by atoms with E-state index in [1.54, 1.807) is 6.07 Å². The molecule has 0 aliphatic carbocycles. The molecule has 0 bridgehead atoms. The second kappa shape index (κ2) is 14.1. The Kier molecular flexibility index (Phi) is 11.0. The standard InChI is InChI=1S/C33H40BrN3O8S2/c1-32(2)26-20-23(34)22-36(17-11-19-46(40,41)42)31(26)35-28(32)12-7-5-8-13-29-33(3,4)25-21-24(47(43,44)45)15-16-27(25)37(29)18-10-6-9-14-30(38)39/h5,7-8,12-13,15-16,20-22H,6,9-11,14,17-19H2,1-4H3,(H2-,38,39,40,41,42,43,44,45)/p-1. The van der Waals surface area contributed by atoms with E-state index in [1.807, 2.05) is 61.1 Å². The molecule has 0 unspecified atom stereocenters. The van der Waals surface area contributed by atoms with Gasteiger partial charge in [-0.05, 0) is 96.0 Å². The molecule has 1 aromatic heterocycles. The molecule has 0 spiro atoms. The van der Waals surface area contributed by atoms with Crippen LogP contribution < -0.4 is 9.47 Å². The van der Waals surface area contributed by atoms with E-state index in [2.05, 4.69) is 34.7 Å². The number of unbranched alkanes of at least 4 members (excludes halogenated alkanes) is 2. The molecule has 2 aliphatic rings. The maximum atomic E-state index is 11.8. The summed E-state index contributed by atoms with van der Waals surface area (Å²) in [7, 11) is -8.95. The normalized spacial score (nSPS) is 17.9. The maximum absolute atomic E-state index is 11.8. The van der Waals surface area contributed by atoms with Crippen molar-refractivity contribution in [3.63, 3.8) is 0 Å². The third kappa shape index (κ3) is 8.65. The molecule has 1 N–H and O–H groups in total. The minimum Gasteiger partial charge on any atom is -0.748 e. The van der Waals surface area contributed by atoms with Crippen molar-refractivity contribution in [3.05, 3.63) is 82.1 Å². The van der Waals surface area contributed by atoms with Crippen LogP contribution in [0.15, 0.2) is 80.9 Å². The molecule has 0 radical (unpaired) electrons. The number of anilines is 1. The van der Waals surface area contributed by atoms with Gasteiger partial charge in [0.15, 0.2) is 5.71 Å². The lowest BCUT2D eigenvalue weighted by Gasteiger charge is -2.27. The van der Waals surface area contributed by atoms with Gasteiger partial charge >= 0.3 is 11.8 Å². The van der Waals surface area contributed by atoms with Crippen LogP contribution in [0.5, 0.6) is 0 Å². The van der Waals surface area contributed by atoms with Gasteiger partial charge in [0.05, 0.1) is 37.0 Å². The van der Waals surface area contributed by atoms with Crippen LogP contribution in [0.1, 0.15) is 70.9 Å². The fourth-order valence-electron chi connectivity index (χ4n) is 6.04. The Bertz CT molecular complexity index is 1900. The molecule has 254 valence electrons. The average Bonchev–Trinajstić information content (AvgIpc) is 3.32. The highest BCUT2D eigenvalue weighted by Crippen LogP contribution is 2.48. The molecule has 4 rings (SSSR count). The number of hydrogen-bond acceptors (Lipinski definition) is 9. The van der Waals surface area contributed by atoms with Crippen molar-refractivity contribution >= 4 is 59.4 Å². The molecule has 3 heterocycles. The van der Waals surface area contributed by atoms with Gasteiger partial charge in [-0.25, -0.2) is 21.4 Å². The fraction of sp³-hybridized carbons (Fsp3) is 0.424. The Morgan fingerprint density at radius 1 is 0.979 bits per heavy atom. The topological polar surface area (TPSA) is 171 Å². The zero-order valence-electron chi connectivity index (χ0n) is 26.8. The number of aliphatic imine (C=N–C) groups is 1. The number of carboxylic acid groups (broad SMARTS) is 1. The summed E-state index contributed by atoms with van der Waals surface area (Å²) in [5.41, 5.74) is 3.15. The summed E-state index contributed by atoms with van der Waals surface area (Å²) >= 11 is 3.53. The maximum Gasteiger partial charge on any atom is 0.327 e. The Morgan fingerprint density at radius 2 is 1.70 bits per heavy atom. The second-order valence-electron chi connectivity index (χ2n) is 12.7. The quantitative estimate of drug-likeness (QED) is 0.115. The lowest BCUT2D eigenvalue weighted by molar-refractivity contribution is -0.684. The number of halogens is 1. The Morgan fingerprint density at radius 3 is 2.36 bits per heavy atom. The number of carbonyl (C=O) groups is 1. The third-order valence-electron chi connectivity index (χ3n) is 8.56. The van der Waals surface area contributed by atoms with Crippen LogP contribution in [-0.4, -0.2) is 55.0 Å². The number of carboxylic acids is 1. The Balaban J connectivity index is 1.58. The molecular weight excluding hydrogens is 710 g/mol. The number of benzene rings is 1. The van der Waals surface area contributed by atoms with Crippen LogP contribution in [-0.2, 0) is 42.4 Å². The molecule has 2 aliphatic heterocycles. The number of aryl methyl sites for hydroxylation is 1. The van der Waals surface area contributed by atoms with E-state index in [0.717, 1.165) is 39.1 Å². The van der Waals surface area contributed by atoms with Gasteiger partial charge in [-0.1, -0.05) is 38.5 Å². The molecule has 0 atom stereocenters. The minimum atomic E-state index is -4.64. The second-order valence-corrected chi connectivity index (χ2v) is 16.6. The summed E-state index contributed by atoms with van der Waals surface area (Å²) in [5.74, 6) is -0.583. The zero-order valence-corrected chi connectivity index (χ0v) is 30.0. The van der Waals surface area contributed by atoms with E-state index in [-0.39, 0.29) is 17.7 Å². The highest BCUT2D eigenvalue weighted by atomic mass is 79.9. The van der Waals surface area contributed by atoms with Gasteiger partial charge in [0.1, 0.15) is 16.3 Å². The third-order valence-corrected chi connectivity index (χ3v) is 10.6. The van der Waals surface area contributed by atoms with Gasteiger partial charge in [0.2, 0.25) is 0 Å². The van der Waals surface area contributed by atoms with Gasteiger partial charge in [-0.15, -0.1) is 0 Å². The van der Waals surface area contributed by atoms with Gasteiger partial charge in [-0.3, -0.25) is 4.79 Å². The van der Waals surface area contributed by atoms with Crippen molar-refractivity contribution in [1.82, 2.24) is 0 Å². The first-order valence-corrected chi connectivity index (χ1v) is 19.0. The summed E-state index contributed by atoms with van der Waals surface area (Å²) < 4.78 is 71.4. The van der Waals surface area contributed by atoms with E-state index in [1.165, 1.54) is 12.1 Å². The van der Waals surface area contributed by atoms with Crippen molar-refractivity contribution in [1.29, 1.82) is 0 Å². The lowest BCUT2D eigenvalue weighted by atomic mass is 9.82. The Hall–Kier alpha value is -3.17. The monoisotopic (exact) mass is 748 g/mol. The first-order valence-electron chi connectivity index (χ1n) is 15.2. The molecule has 47 heavy (non-hydrogen) atoms. The van der Waals surface area contributed by atoms with Crippen LogP contribution in [0.2, 0.25) is 0 Å². The zero-order chi connectivity index (χ0) is 34.8. The van der Waals surface area contributed by atoms with Crippen LogP contribution in [0.25, 0.3) is 0 Å². The van der Waals surface area contributed by atoms with E-state index in [9.17, 15) is 30.7 Å². The molecular formula is C33H39BrN3O8S2-. The largest absolute Gasteiger partial charge is 0.748 e. The van der Waals surface area contributed by atoms with Crippen molar-refractivity contribution in [2.75, 3.05) is 17.2 Å². The fourth-order valence-corrected chi connectivity index (χ4v) is 7.50. The summed E-state index contributed by atoms with van der Waals surface area (Å²) in [5, 5.41) is 8.97. The van der Waals surface area contributed by atoms with Crippen LogP contribution in [0.3, 0.4) is 0 Å². The minimum absolute atomic E-state index is 0.0980. The smallest absolute Gasteiger partial charge is 0.327 e. The first-order chi connectivity index (χ1) is 21.8. The predicted molar refractivity (Wildman–Crippen MR) is 181 cm³/mol. The molecule has 2 aromatic rings. The highest BCUT2D eigenvalue weighted by Gasteiger charge is 2.43. The molecule has 11 nitrogen and oxygen atoms in total. The van der Waals surface area contributed by atoms with Gasteiger partial charge < -0.3 is 19.1 Å². The number of aromatic nitrogens is 1. The number of fused-ring (bicyclic) bond motifs is 2. The predicted octanol–water partition coefficient (Wildman–Crippen LogP) is 5.38. The van der Waals surface area contributed by atoms with Crippen molar-refractivity contribution < 1.29 is 40.4 Å². The SMILES string of the molecule is CC1(C)C(/C=C/C=C/C=C2\N(CCCCCC(=O)O)c3ccc(S(=O)(=O)[O-])cc3C2(C)C)=Nc2c1cc(Br)c[n+]2CCCS(=O)(=O)[O-]. The number of allylic oxidation sites excluding steroid dienone is 6. The number of rotatable bonds is 14. The first kappa shape index (κ1) is 36.7. The van der Waals surface area contributed by atoms with E-state index < -0.39 is 42.8 Å². The molecule has 0 saturated carbocycles. The number of nitrogens with zero attached hydrogens (tertiary/aromatic N) is 3. The van der Waals surface area contributed by atoms with Gasteiger partial charge in [0, 0.05) is 35.5 Å². The van der Waals surface area contributed by atoms with E-state index in [0.29, 0.717) is 31.7 Å². The number of hydrogen-bond donors (Lipinski definition) is 1. The summed E-state index contributed by atoms with van der Waals surface area (Å²) in [4.78, 5) is 17.6. The number of pyridine rings is 1. The summed E-state index contributed by atoms with van der Waals surface area (Å²) in [6.07, 6.45) is 13.6. The van der Waals surface area contributed by atoms with Gasteiger partial charge in [-0.2, -0.15) is 0 Å². The van der Waals surface area contributed by atoms with Gasteiger partial charge in [0.25, 0.3) is 0 Å². The molecule has 0 fully saturated rings. The molecule has 14 heteroatoms.